The summed E-state index contributed by atoms with van der Waals surface area (Å²) in [4.78, 5) is 52.2. The third-order valence-electron chi connectivity index (χ3n) is 13.0. The van der Waals surface area contributed by atoms with Crippen molar-refractivity contribution >= 4 is 23.5 Å². The fourth-order valence-corrected chi connectivity index (χ4v) is 9.96. The highest BCUT2D eigenvalue weighted by Gasteiger charge is 2.67. The number of rotatable bonds is 22. The number of ether oxygens (including phenoxy) is 2. The molecule has 0 amide bonds. The molecule has 0 heterocycles. The van der Waals surface area contributed by atoms with E-state index in [2.05, 4.69) is 26.8 Å². The molecular weight excluding hydrogens is 612 g/mol. The Morgan fingerprint density at radius 1 is 0.735 bits per heavy atom. The molecule has 5 atom stereocenters. The quantitative estimate of drug-likeness (QED) is 0.0642. The topological polar surface area (TPSA) is 86.7 Å². The van der Waals surface area contributed by atoms with E-state index in [4.69, 9.17) is 9.47 Å². The molecule has 2 fully saturated rings. The van der Waals surface area contributed by atoms with E-state index in [0.29, 0.717) is 38.0 Å². The fourth-order valence-electron chi connectivity index (χ4n) is 9.96. The van der Waals surface area contributed by atoms with E-state index >= 15 is 0 Å². The van der Waals surface area contributed by atoms with Gasteiger partial charge in [0.15, 0.2) is 18.0 Å². The standard InChI is InChI=1S/C43H68O6/c1-5-7-8-9-10-11-12-13-14-15-16-17-18-19-20-22-39(46)48-32-38(45)43(49-40(47)21-6-2)30-27-37-35-24-23-33-31-34(44)25-28-41(33,3)36(35)26-29-42(37,43)4/h26,31,35,37H,5-25,27-30,32H2,1-4H3/t35-,37+,41+,42+,43+/m1/s1. The number of Topliss-reactive ketones (excluding diaryl/α,β-unsaturated/α-hetero) is 1. The minimum absolute atomic E-state index is 0.102. The van der Waals surface area contributed by atoms with Crippen molar-refractivity contribution in [3.05, 3.63) is 23.3 Å². The second kappa shape index (κ2) is 18.8. The molecular formula is C43H68O6. The SMILES string of the molecule is CCCCCCCCCCCCCCCCCC(=O)OCC(=O)[C@@]1(OC(=O)CCC)CC[C@H]2[C@@H]3CCC4=CC(=O)CC[C@]4(C)C3=CC[C@@]21C. The lowest BCUT2D eigenvalue weighted by molar-refractivity contribution is -0.186. The van der Waals surface area contributed by atoms with Crippen LogP contribution in [0.5, 0.6) is 0 Å². The number of hydrogen-bond donors (Lipinski definition) is 0. The van der Waals surface area contributed by atoms with Gasteiger partial charge in [0.2, 0.25) is 5.78 Å². The molecule has 4 rings (SSSR count). The van der Waals surface area contributed by atoms with Gasteiger partial charge in [0.1, 0.15) is 0 Å². The molecule has 276 valence electrons. The largest absolute Gasteiger partial charge is 0.457 e. The number of allylic oxidation sites excluding steroid dienone is 4. The molecule has 0 N–H and O–H groups in total. The smallest absolute Gasteiger partial charge is 0.306 e. The zero-order valence-corrected chi connectivity index (χ0v) is 31.6. The zero-order valence-electron chi connectivity index (χ0n) is 31.6. The average Bonchev–Trinajstić information content (AvgIpc) is 3.38. The van der Waals surface area contributed by atoms with E-state index in [0.717, 1.165) is 44.9 Å². The lowest BCUT2D eigenvalue weighted by Gasteiger charge is -2.55. The van der Waals surface area contributed by atoms with Crippen molar-refractivity contribution in [2.45, 2.75) is 194 Å². The molecule has 0 radical (unpaired) electrons. The minimum atomic E-state index is -1.29. The van der Waals surface area contributed by atoms with Crippen LogP contribution in [0.15, 0.2) is 23.3 Å². The maximum Gasteiger partial charge on any atom is 0.306 e. The Kier molecular flexibility index (Phi) is 15.2. The van der Waals surface area contributed by atoms with Crippen LogP contribution in [0.2, 0.25) is 0 Å². The molecule has 4 aliphatic carbocycles. The Hall–Kier alpha value is -2.24. The van der Waals surface area contributed by atoms with E-state index in [-0.39, 0.29) is 47.9 Å². The van der Waals surface area contributed by atoms with Gasteiger partial charge in [0.05, 0.1) is 0 Å². The molecule has 0 aromatic heterocycles. The van der Waals surface area contributed by atoms with Crippen LogP contribution in [0, 0.1) is 22.7 Å². The first kappa shape index (κ1) is 39.5. The highest BCUT2D eigenvalue weighted by molar-refractivity contribution is 5.94. The number of fused-ring (bicyclic) bond motifs is 5. The Bertz CT molecular complexity index is 1200. The maximum atomic E-state index is 14.1. The number of carbonyl (C=O) groups is 4. The predicted octanol–water partition coefficient (Wildman–Crippen LogP) is 10.9. The molecule has 0 aromatic carbocycles. The number of carbonyl (C=O) groups excluding carboxylic acids is 4. The number of esters is 2. The van der Waals surface area contributed by atoms with Gasteiger partial charge in [-0.1, -0.05) is 135 Å². The van der Waals surface area contributed by atoms with Crippen molar-refractivity contribution in [2.24, 2.45) is 22.7 Å². The molecule has 0 saturated heterocycles. The van der Waals surface area contributed by atoms with Crippen LogP contribution in [-0.2, 0) is 28.7 Å². The van der Waals surface area contributed by atoms with E-state index < -0.39 is 11.0 Å². The zero-order chi connectivity index (χ0) is 35.3. The second-order valence-corrected chi connectivity index (χ2v) is 16.4. The first-order chi connectivity index (χ1) is 23.6. The molecule has 49 heavy (non-hydrogen) atoms. The Morgan fingerprint density at radius 2 is 1.35 bits per heavy atom. The first-order valence-corrected chi connectivity index (χ1v) is 20.5. The predicted molar refractivity (Wildman–Crippen MR) is 196 cm³/mol. The maximum absolute atomic E-state index is 14.1. The third kappa shape index (κ3) is 9.56. The summed E-state index contributed by atoms with van der Waals surface area (Å²) < 4.78 is 11.9. The average molecular weight is 681 g/mol. The van der Waals surface area contributed by atoms with Gasteiger partial charge in [0.25, 0.3) is 0 Å². The summed E-state index contributed by atoms with van der Waals surface area (Å²) in [6.45, 7) is 8.29. The Balaban J connectivity index is 1.23. The summed E-state index contributed by atoms with van der Waals surface area (Å²) in [5.41, 5.74) is 0.711. The summed E-state index contributed by atoms with van der Waals surface area (Å²) in [5, 5.41) is 0. The fraction of sp³-hybridized carbons (Fsp3) is 0.814. The highest BCUT2D eigenvalue weighted by Crippen LogP contribution is 2.66. The molecule has 0 bridgehead atoms. The van der Waals surface area contributed by atoms with Crippen LogP contribution >= 0.6 is 0 Å². The van der Waals surface area contributed by atoms with Gasteiger partial charge in [-0.3, -0.25) is 19.2 Å². The first-order valence-electron chi connectivity index (χ1n) is 20.5. The van der Waals surface area contributed by atoms with Crippen LogP contribution in [0.3, 0.4) is 0 Å². The summed E-state index contributed by atoms with van der Waals surface area (Å²) in [6.07, 6.45) is 29.6. The molecule has 6 nitrogen and oxygen atoms in total. The van der Waals surface area contributed by atoms with E-state index in [1.165, 1.54) is 88.2 Å². The van der Waals surface area contributed by atoms with Gasteiger partial charge in [-0.15, -0.1) is 0 Å². The van der Waals surface area contributed by atoms with Gasteiger partial charge in [-0.2, -0.15) is 0 Å². The highest BCUT2D eigenvalue weighted by atomic mass is 16.6. The lowest BCUT2D eigenvalue weighted by atomic mass is 9.50. The Labute approximate surface area is 298 Å². The van der Waals surface area contributed by atoms with Crippen molar-refractivity contribution in [1.29, 1.82) is 0 Å². The van der Waals surface area contributed by atoms with Crippen molar-refractivity contribution in [3.63, 3.8) is 0 Å². The molecule has 0 aromatic rings. The number of ketones is 2. The van der Waals surface area contributed by atoms with Gasteiger partial charge in [-0.05, 0) is 69.3 Å². The monoisotopic (exact) mass is 681 g/mol. The third-order valence-corrected chi connectivity index (χ3v) is 13.0. The summed E-state index contributed by atoms with van der Waals surface area (Å²) >= 11 is 0. The van der Waals surface area contributed by atoms with Crippen LogP contribution in [0.25, 0.3) is 0 Å². The van der Waals surface area contributed by atoms with E-state index in [1.807, 2.05) is 13.0 Å². The normalized spacial score (nSPS) is 28.9. The van der Waals surface area contributed by atoms with Crippen LogP contribution in [-0.4, -0.2) is 35.7 Å². The molecule has 4 aliphatic rings. The summed E-state index contributed by atoms with van der Waals surface area (Å²) in [7, 11) is 0. The summed E-state index contributed by atoms with van der Waals surface area (Å²) in [6, 6.07) is 0. The molecule has 0 aliphatic heterocycles. The van der Waals surface area contributed by atoms with Crippen LogP contribution in [0.4, 0.5) is 0 Å². The van der Waals surface area contributed by atoms with Crippen molar-refractivity contribution in [3.8, 4) is 0 Å². The second-order valence-electron chi connectivity index (χ2n) is 16.4. The number of unbranched alkanes of at least 4 members (excludes halogenated alkanes) is 14. The molecule has 2 saturated carbocycles. The van der Waals surface area contributed by atoms with E-state index in [1.54, 1.807) is 0 Å². The molecule has 0 unspecified atom stereocenters. The van der Waals surface area contributed by atoms with Crippen molar-refractivity contribution < 1.29 is 28.7 Å². The molecule has 6 heteroatoms. The minimum Gasteiger partial charge on any atom is -0.457 e. The van der Waals surface area contributed by atoms with Crippen LogP contribution < -0.4 is 0 Å². The van der Waals surface area contributed by atoms with Crippen molar-refractivity contribution in [2.75, 3.05) is 6.61 Å². The molecule has 0 spiro atoms. The van der Waals surface area contributed by atoms with Gasteiger partial charge in [0, 0.05) is 30.1 Å². The summed E-state index contributed by atoms with van der Waals surface area (Å²) in [5.74, 6) is -0.235. The van der Waals surface area contributed by atoms with Gasteiger partial charge >= 0.3 is 11.9 Å². The van der Waals surface area contributed by atoms with E-state index in [9.17, 15) is 19.2 Å². The lowest BCUT2D eigenvalue weighted by Crippen LogP contribution is -2.58. The Morgan fingerprint density at radius 3 is 1.96 bits per heavy atom. The van der Waals surface area contributed by atoms with Gasteiger partial charge < -0.3 is 9.47 Å². The van der Waals surface area contributed by atoms with Gasteiger partial charge in [-0.25, -0.2) is 0 Å². The van der Waals surface area contributed by atoms with Crippen molar-refractivity contribution in [1.82, 2.24) is 0 Å². The number of hydrogen-bond acceptors (Lipinski definition) is 6. The van der Waals surface area contributed by atoms with Crippen LogP contribution in [0.1, 0.15) is 188 Å².